The van der Waals surface area contributed by atoms with Crippen LogP contribution in [0.1, 0.15) is 19.0 Å². The minimum absolute atomic E-state index is 0.0351. The molecule has 98 valence electrons. The molecular weight excluding hydrogens is 253 g/mol. The number of hydrogen-bond acceptors (Lipinski definition) is 5. The average molecular weight is 268 g/mol. The molecule has 0 unspecified atom stereocenters. The third-order valence-corrected chi connectivity index (χ3v) is 2.82. The zero-order valence-corrected chi connectivity index (χ0v) is 10.5. The van der Waals surface area contributed by atoms with Gasteiger partial charge in [0.05, 0.1) is 6.42 Å². The summed E-state index contributed by atoms with van der Waals surface area (Å²) in [6, 6.07) is 0. The molecular formula is C9H15F3N4S. The van der Waals surface area contributed by atoms with Gasteiger partial charge in [-0.1, -0.05) is 4.49 Å². The molecule has 1 heterocycles. The number of rotatable bonds is 6. The lowest BCUT2D eigenvalue weighted by molar-refractivity contribution is -0.137. The molecule has 17 heavy (non-hydrogen) atoms. The maximum Gasteiger partial charge on any atom is 0.390 e. The van der Waals surface area contributed by atoms with Gasteiger partial charge in [-0.3, -0.25) is 0 Å². The highest BCUT2D eigenvalue weighted by molar-refractivity contribution is 7.10. The molecule has 1 aromatic heterocycles. The number of nitrogens with zero attached hydrogens (tertiary/aromatic N) is 3. The Bertz CT molecular complexity index is 339. The first-order valence-corrected chi connectivity index (χ1v) is 6.00. The molecule has 0 saturated carbocycles. The molecule has 0 atom stereocenters. The fraction of sp³-hybridized carbons (Fsp3) is 0.778. The maximum absolute atomic E-state index is 12.0. The Morgan fingerprint density at radius 1 is 1.41 bits per heavy atom. The standard InChI is InChI=1S/C9H15F3N4S/c1-3-13-8-7(14-15-17-8)6-16(2)5-4-9(10,11)12/h13H,3-6H2,1-2H3. The Hall–Kier alpha value is -0.890. The van der Waals surface area contributed by atoms with Crippen LogP contribution in [0.25, 0.3) is 0 Å². The third-order valence-electron chi connectivity index (χ3n) is 2.09. The van der Waals surface area contributed by atoms with Crippen LogP contribution >= 0.6 is 11.5 Å². The monoisotopic (exact) mass is 268 g/mol. The summed E-state index contributed by atoms with van der Waals surface area (Å²) in [5.74, 6) is 0. The molecule has 0 radical (unpaired) electrons. The van der Waals surface area contributed by atoms with Crippen molar-refractivity contribution in [2.75, 3.05) is 25.5 Å². The van der Waals surface area contributed by atoms with Crippen LogP contribution < -0.4 is 5.32 Å². The van der Waals surface area contributed by atoms with Crippen molar-refractivity contribution in [2.45, 2.75) is 26.1 Å². The minimum Gasteiger partial charge on any atom is -0.374 e. The number of anilines is 1. The van der Waals surface area contributed by atoms with Crippen LogP contribution in [0.15, 0.2) is 0 Å². The fourth-order valence-corrected chi connectivity index (χ4v) is 1.90. The Balaban J connectivity index is 2.44. The lowest BCUT2D eigenvalue weighted by atomic mass is 10.3. The second-order valence-electron chi connectivity index (χ2n) is 3.68. The van der Waals surface area contributed by atoms with Crippen LogP contribution in [0.5, 0.6) is 0 Å². The van der Waals surface area contributed by atoms with Gasteiger partial charge in [0.25, 0.3) is 0 Å². The van der Waals surface area contributed by atoms with Crippen LogP contribution in [0, 0.1) is 0 Å². The topological polar surface area (TPSA) is 41.1 Å². The van der Waals surface area contributed by atoms with Gasteiger partial charge in [-0.25, -0.2) is 0 Å². The normalized spacial score (nSPS) is 12.1. The summed E-state index contributed by atoms with van der Waals surface area (Å²) in [6.07, 6.45) is -4.92. The predicted molar refractivity (Wildman–Crippen MR) is 61.1 cm³/mol. The summed E-state index contributed by atoms with van der Waals surface area (Å²) in [5.41, 5.74) is 0.696. The smallest absolute Gasteiger partial charge is 0.374 e. The average Bonchev–Trinajstić information content (AvgIpc) is 2.63. The molecule has 4 nitrogen and oxygen atoms in total. The molecule has 8 heteroatoms. The lowest BCUT2D eigenvalue weighted by Crippen LogP contribution is -2.24. The molecule has 0 aromatic carbocycles. The quantitative estimate of drug-likeness (QED) is 0.860. The van der Waals surface area contributed by atoms with Crippen LogP contribution in [-0.2, 0) is 6.54 Å². The Labute approximate surface area is 102 Å². The number of halogens is 3. The van der Waals surface area contributed by atoms with E-state index in [1.807, 2.05) is 6.92 Å². The van der Waals surface area contributed by atoms with E-state index < -0.39 is 12.6 Å². The Morgan fingerprint density at radius 3 is 2.71 bits per heavy atom. The highest BCUT2D eigenvalue weighted by Crippen LogP contribution is 2.21. The summed E-state index contributed by atoms with van der Waals surface area (Å²) >= 11 is 1.22. The van der Waals surface area contributed by atoms with E-state index in [0.29, 0.717) is 12.2 Å². The van der Waals surface area contributed by atoms with Crippen molar-refractivity contribution in [3.05, 3.63) is 5.69 Å². The second-order valence-corrected chi connectivity index (χ2v) is 4.44. The van der Waals surface area contributed by atoms with Gasteiger partial charge < -0.3 is 10.2 Å². The van der Waals surface area contributed by atoms with E-state index in [2.05, 4.69) is 14.9 Å². The van der Waals surface area contributed by atoms with Gasteiger partial charge in [0.2, 0.25) is 0 Å². The van der Waals surface area contributed by atoms with Gasteiger partial charge >= 0.3 is 6.18 Å². The van der Waals surface area contributed by atoms with E-state index in [4.69, 9.17) is 0 Å². The molecule has 0 fully saturated rings. The van der Waals surface area contributed by atoms with Crippen molar-refractivity contribution < 1.29 is 13.2 Å². The lowest BCUT2D eigenvalue weighted by Gasteiger charge is -2.16. The van der Waals surface area contributed by atoms with Crippen LogP contribution in [0.3, 0.4) is 0 Å². The van der Waals surface area contributed by atoms with E-state index >= 15 is 0 Å². The molecule has 0 saturated heterocycles. The molecule has 1 rings (SSSR count). The maximum atomic E-state index is 12.0. The van der Waals surface area contributed by atoms with Crippen molar-refractivity contribution >= 4 is 16.5 Å². The van der Waals surface area contributed by atoms with Crippen molar-refractivity contribution in [3.63, 3.8) is 0 Å². The van der Waals surface area contributed by atoms with E-state index in [1.54, 1.807) is 11.9 Å². The van der Waals surface area contributed by atoms with Crippen LogP contribution in [0.2, 0.25) is 0 Å². The third kappa shape index (κ3) is 5.31. The first-order chi connectivity index (χ1) is 7.92. The number of nitrogens with one attached hydrogen (secondary N) is 1. The van der Waals surface area contributed by atoms with Crippen molar-refractivity contribution in [1.29, 1.82) is 0 Å². The Kier molecular flexibility index (Phi) is 5.13. The van der Waals surface area contributed by atoms with Gasteiger partial charge in [-0.15, -0.1) is 5.10 Å². The van der Waals surface area contributed by atoms with E-state index in [9.17, 15) is 13.2 Å². The summed E-state index contributed by atoms with van der Waals surface area (Å²) < 4.78 is 39.9. The van der Waals surface area contributed by atoms with Crippen molar-refractivity contribution in [3.8, 4) is 0 Å². The molecule has 0 aliphatic carbocycles. The zero-order valence-electron chi connectivity index (χ0n) is 9.71. The Morgan fingerprint density at radius 2 is 2.12 bits per heavy atom. The highest BCUT2D eigenvalue weighted by Gasteiger charge is 2.27. The molecule has 0 aliphatic heterocycles. The first kappa shape index (κ1) is 14.2. The first-order valence-electron chi connectivity index (χ1n) is 5.22. The molecule has 1 N–H and O–H groups in total. The SMILES string of the molecule is CCNc1snnc1CN(C)CCC(F)(F)F. The number of alkyl halides is 3. The van der Waals surface area contributed by atoms with Crippen molar-refractivity contribution in [1.82, 2.24) is 14.5 Å². The van der Waals surface area contributed by atoms with Gasteiger partial charge in [0.15, 0.2) is 0 Å². The molecule has 0 aliphatic rings. The molecule has 1 aromatic rings. The largest absolute Gasteiger partial charge is 0.390 e. The minimum atomic E-state index is -4.11. The number of hydrogen-bond donors (Lipinski definition) is 1. The van der Waals surface area contributed by atoms with Gasteiger partial charge in [0.1, 0.15) is 10.7 Å². The van der Waals surface area contributed by atoms with Gasteiger partial charge in [-0.2, -0.15) is 13.2 Å². The second kappa shape index (κ2) is 6.15. The van der Waals surface area contributed by atoms with E-state index in [1.165, 1.54) is 11.5 Å². The summed E-state index contributed by atoms with van der Waals surface area (Å²) in [7, 11) is 1.64. The van der Waals surface area contributed by atoms with Gasteiger partial charge in [0, 0.05) is 31.2 Å². The highest BCUT2D eigenvalue weighted by atomic mass is 32.1. The molecule has 0 amide bonds. The van der Waals surface area contributed by atoms with Gasteiger partial charge in [-0.05, 0) is 14.0 Å². The predicted octanol–water partition coefficient (Wildman–Crippen LogP) is 2.35. The van der Waals surface area contributed by atoms with E-state index in [0.717, 1.165) is 11.5 Å². The van der Waals surface area contributed by atoms with Crippen molar-refractivity contribution in [2.24, 2.45) is 0 Å². The van der Waals surface area contributed by atoms with Crippen LogP contribution in [0.4, 0.5) is 18.2 Å². The fourth-order valence-electron chi connectivity index (χ4n) is 1.26. The summed E-state index contributed by atoms with van der Waals surface area (Å²) in [6.45, 7) is 3.02. The van der Waals surface area contributed by atoms with Crippen LogP contribution in [-0.4, -0.2) is 40.8 Å². The molecule has 0 spiro atoms. The molecule has 0 bridgehead atoms. The summed E-state index contributed by atoms with van der Waals surface area (Å²) in [5, 5.41) is 7.81. The van der Waals surface area contributed by atoms with E-state index in [-0.39, 0.29) is 6.54 Å². The summed E-state index contributed by atoms with van der Waals surface area (Å²) in [4.78, 5) is 1.59. The zero-order chi connectivity index (χ0) is 12.9. The number of aromatic nitrogens is 2.